The second-order valence-electron chi connectivity index (χ2n) is 12.3. The van der Waals surface area contributed by atoms with Crippen molar-refractivity contribution in [2.45, 2.75) is 62.4 Å². The maximum Gasteiger partial charge on any atom is 0.289 e. The van der Waals surface area contributed by atoms with Gasteiger partial charge in [-0.1, -0.05) is 35.5 Å². The van der Waals surface area contributed by atoms with Gasteiger partial charge in [-0.15, -0.1) is 0 Å². The van der Waals surface area contributed by atoms with Gasteiger partial charge in [-0.05, 0) is 75.1 Å². The fourth-order valence-electron chi connectivity index (χ4n) is 7.14. The fraction of sp³-hybridized carbons (Fsp3) is 0.581. The third-order valence-electron chi connectivity index (χ3n) is 9.70. The molecule has 1 saturated carbocycles. The van der Waals surface area contributed by atoms with Gasteiger partial charge in [0.25, 0.3) is 11.8 Å². The summed E-state index contributed by atoms with van der Waals surface area (Å²) in [6.45, 7) is 6.02. The molecular formula is C31H41F2N3O4S. The minimum Gasteiger partial charge on any atom is -0.374 e. The van der Waals surface area contributed by atoms with Gasteiger partial charge in [0.05, 0.1) is 4.90 Å². The number of anilines is 1. The number of carbonyl (C=O) groups excluding carboxylic acids is 1. The van der Waals surface area contributed by atoms with Crippen LogP contribution in [-0.4, -0.2) is 80.4 Å². The minimum atomic E-state index is -3.53. The number of rotatable bonds is 5. The monoisotopic (exact) mass is 589 g/mol. The van der Waals surface area contributed by atoms with Crippen LogP contribution in [0, 0.1) is 24.7 Å². The number of piperidine rings is 2. The fourth-order valence-corrected chi connectivity index (χ4v) is 8.24. The number of likely N-dealkylation sites (tertiary alicyclic amines) is 1. The third-order valence-corrected chi connectivity index (χ3v) is 11.7. The third kappa shape index (κ3) is 5.16. The lowest BCUT2D eigenvalue weighted by molar-refractivity contribution is -0.196. The Morgan fingerprint density at radius 3 is 2.20 bits per heavy atom. The molecule has 3 fully saturated rings. The summed E-state index contributed by atoms with van der Waals surface area (Å²) in [7, 11) is -0.437. The van der Waals surface area contributed by atoms with E-state index in [4.69, 9.17) is 0 Å². The van der Waals surface area contributed by atoms with Crippen LogP contribution in [0.1, 0.15) is 44.6 Å². The topological polar surface area (TPSA) is 81.2 Å². The molecule has 2 aliphatic heterocycles. The molecule has 7 nitrogen and oxygen atoms in total. The molecule has 4 aliphatic rings. The summed E-state index contributed by atoms with van der Waals surface area (Å²) in [6.07, 6.45) is 9.50. The molecule has 1 aromatic carbocycles. The van der Waals surface area contributed by atoms with E-state index in [1.807, 2.05) is 19.1 Å². The molecule has 0 bridgehead atoms. The number of fused-ring (bicyclic) bond motifs is 1. The number of halogens is 2. The highest BCUT2D eigenvalue weighted by molar-refractivity contribution is 7.89. The smallest absolute Gasteiger partial charge is 0.289 e. The number of allylic oxidation sites excluding steroid dienone is 4. The van der Waals surface area contributed by atoms with E-state index in [9.17, 15) is 18.3 Å². The van der Waals surface area contributed by atoms with Crippen molar-refractivity contribution >= 4 is 21.6 Å². The molecular weight excluding hydrogens is 548 g/mol. The number of aryl methyl sites for hydroxylation is 1. The number of nitrogens with zero attached hydrogens (tertiary/aromatic N) is 3. The maximum absolute atomic E-state index is 15.3. The van der Waals surface area contributed by atoms with Gasteiger partial charge in [0, 0.05) is 58.3 Å². The highest BCUT2D eigenvalue weighted by atomic mass is 32.2. The second-order valence-corrected chi connectivity index (χ2v) is 14.4. The summed E-state index contributed by atoms with van der Waals surface area (Å²) in [4.78, 5) is 17.6. The Hall–Kier alpha value is -2.56. The summed E-state index contributed by atoms with van der Waals surface area (Å²) in [5, 5.41) is 11.3. The second kappa shape index (κ2) is 10.9. The van der Waals surface area contributed by atoms with Crippen LogP contribution in [0.2, 0.25) is 0 Å². The van der Waals surface area contributed by atoms with E-state index in [1.54, 1.807) is 31.2 Å². The highest BCUT2D eigenvalue weighted by Gasteiger charge is 2.69. The van der Waals surface area contributed by atoms with Crippen LogP contribution < -0.4 is 4.90 Å². The molecule has 2 atom stereocenters. The van der Waals surface area contributed by atoms with Gasteiger partial charge in [0.1, 0.15) is 0 Å². The predicted molar refractivity (Wildman–Crippen MR) is 155 cm³/mol. The molecule has 0 aromatic heterocycles. The first-order valence-electron chi connectivity index (χ1n) is 14.5. The normalized spacial score (nSPS) is 27.5. The van der Waals surface area contributed by atoms with Crippen molar-refractivity contribution in [3.05, 3.63) is 59.2 Å². The largest absolute Gasteiger partial charge is 0.374 e. The van der Waals surface area contributed by atoms with E-state index in [1.165, 1.54) is 29.4 Å². The summed E-state index contributed by atoms with van der Waals surface area (Å²) in [6, 6.07) is 5.49. The number of hydrogen-bond donors (Lipinski definition) is 1. The summed E-state index contributed by atoms with van der Waals surface area (Å²) >= 11 is 0. The Morgan fingerprint density at radius 2 is 1.61 bits per heavy atom. The van der Waals surface area contributed by atoms with Crippen molar-refractivity contribution in [1.29, 1.82) is 0 Å². The van der Waals surface area contributed by atoms with Crippen molar-refractivity contribution in [2.75, 3.05) is 45.2 Å². The van der Waals surface area contributed by atoms with E-state index in [2.05, 4.69) is 4.90 Å². The van der Waals surface area contributed by atoms with E-state index in [0.29, 0.717) is 41.0 Å². The number of alkyl halides is 2. The van der Waals surface area contributed by atoms with Gasteiger partial charge >= 0.3 is 0 Å². The lowest BCUT2D eigenvalue weighted by Gasteiger charge is -2.43. The van der Waals surface area contributed by atoms with Crippen molar-refractivity contribution in [1.82, 2.24) is 9.21 Å². The molecule has 224 valence electrons. The van der Waals surface area contributed by atoms with E-state index in [0.717, 1.165) is 50.0 Å². The molecule has 0 spiro atoms. The lowest BCUT2D eigenvalue weighted by Crippen LogP contribution is -2.61. The Kier molecular flexibility index (Phi) is 7.98. The van der Waals surface area contributed by atoms with Crippen LogP contribution in [0.4, 0.5) is 14.5 Å². The van der Waals surface area contributed by atoms with Crippen LogP contribution in [0.3, 0.4) is 0 Å². The molecule has 2 aliphatic carbocycles. The predicted octanol–water partition coefficient (Wildman–Crippen LogP) is 4.53. The number of benzene rings is 1. The molecule has 1 N–H and O–H groups in total. The number of amides is 1. The number of carbonyl (C=O) groups is 1. The molecule has 41 heavy (non-hydrogen) atoms. The molecule has 1 amide bonds. The first kappa shape index (κ1) is 29.9. The number of aliphatic hydroxyl groups is 1. The van der Waals surface area contributed by atoms with E-state index in [-0.39, 0.29) is 0 Å². The van der Waals surface area contributed by atoms with Gasteiger partial charge in [-0.3, -0.25) is 4.79 Å². The maximum atomic E-state index is 15.3. The van der Waals surface area contributed by atoms with Gasteiger partial charge < -0.3 is 14.9 Å². The van der Waals surface area contributed by atoms with Crippen molar-refractivity contribution in [3.8, 4) is 0 Å². The Bertz CT molecular complexity index is 1390. The zero-order valence-electron chi connectivity index (χ0n) is 24.3. The molecule has 1 aromatic rings. The zero-order valence-corrected chi connectivity index (χ0v) is 25.1. The van der Waals surface area contributed by atoms with Crippen LogP contribution in [0.25, 0.3) is 0 Å². The summed E-state index contributed by atoms with van der Waals surface area (Å²) in [5.41, 5.74) is 0.0818. The van der Waals surface area contributed by atoms with Crippen LogP contribution in [0.5, 0.6) is 0 Å². The van der Waals surface area contributed by atoms with Crippen LogP contribution >= 0.6 is 0 Å². The highest BCUT2D eigenvalue weighted by Crippen LogP contribution is 2.54. The molecule has 2 heterocycles. The van der Waals surface area contributed by atoms with Gasteiger partial charge in [0.15, 0.2) is 0 Å². The van der Waals surface area contributed by atoms with Gasteiger partial charge in [-0.2, -0.15) is 0 Å². The summed E-state index contributed by atoms with van der Waals surface area (Å²) < 4.78 is 56.9. The van der Waals surface area contributed by atoms with Crippen molar-refractivity contribution in [3.63, 3.8) is 0 Å². The SMILES string of the molecule is CC1=C2CC(F)(F)[C@](O)(C(=O)N3CCC(C4CCN(c5ccc(S(=O)(=O)N(C)C)c(C)c5)CC4)CC3)C2C=CC=C1. The van der Waals surface area contributed by atoms with Gasteiger partial charge in [-0.25, -0.2) is 21.5 Å². The number of sulfonamides is 1. The minimum absolute atomic E-state index is 0.316. The number of hydrogen-bond acceptors (Lipinski definition) is 5. The van der Waals surface area contributed by atoms with Crippen molar-refractivity contribution in [2.24, 2.45) is 17.8 Å². The molecule has 2 saturated heterocycles. The first-order valence-corrected chi connectivity index (χ1v) is 15.9. The standard InChI is InChI=1S/C31H41F2N3O4S/c1-21-7-5-6-8-27-26(21)20-30(32,33)31(27,38)29(37)36-17-13-24(14-18-36)23-11-15-35(16-12-23)25-9-10-28(22(2)19-25)41(39,40)34(3)4/h5-10,19,23-24,27,38H,11-18,20H2,1-4H3/t27?,31-/m1/s1. The average Bonchev–Trinajstić information content (AvgIpc) is 3.03. The van der Waals surface area contributed by atoms with Crippen LogP contribution in [-0.2, 0) is 14.8 Å². The van der Waals surface area contributed by atoms with Gasteiger partial charge in [0.2, 0.25) is 15.6 Å². The Labute approximate surface area is 242 Å². The molecule has 0 radical (unpaired) electrons. The molecule has 5 rings (SSSR count). The lowest BCUT2D eigenvalue weighted by atomic mass is 9.78. The first-order chi connectivity index (χ1) is 19.3. The summed E-state index contributed by atoms with van der Waals surface area (Å²) in [5.74, 6) is -4.54. The Morgan fingerprint density at radius 1 is 1.00 bits per heavy atom. The zero-order chi connectivity index (χ0) is 29.7. The van der Waals surface area contributed by atoms with Crippen LogP contribution in [0.15, 0.2) is 58.5 Å². The molecule has 10 heteroatoms. The Balaban J connectivity index is 1.19. The van der Waals surface area contributed by atoms with E-state index < -0.39 is 39.8 Å². The van der Waals surface area contributed by atoms with Crippen molar-refractivity contribution < 1.29 is 27.1 Å². The molecule has 1 unspecified atom stereocenters. The average molecular weight is 590 g/mol. The van der Waals surface area contributed by atoms with E-state index >= 15 is 8.78 Å². The quantitative estimate of drug-likeness (QED) is 0.546.